The summed E-state index contributed by atoms with van der Waals surface area (Å²) in [6.45, 7) is 5.75. The fourth-order valence-electron chi connectivity index (χ4n) is 3.45. The molecule has 1 heterocycles. The number of rotatable bonds is 8. The number of hydrogen-bond donors (Lipinski definition) is 2. The monoisotopic (exact) mass is 467 g/mol. The van der Waals surface area contributed by atoms with Crippen LogP contribution in [0.4, 0.5) is 10.5 Å². The first-order valence-electron chi connectivity index (χ1n) is 10.1. The van der Waals surface area contributed by atoms with Crippen LogP contribution in [0.2, 0.25) is 10.0 Å². The Bertz CT molecular complexity index is 891. The van der Waals surface area contributed by atoms with Gasteiger partial charge >= 0.3 is 6.03 Å². The minimum Gasteiger partial charge on any atom is -0.493 e. The van der Waals surface area contributed by atoms with Crippen molar-refractivity contribution in [2.45, 2.75) is 13.0 Å². The smallest absolute Gasteiger partial charge is 0.319 e. The van der Waals surface area contributed by atoms with Crippen LogP contribution in [-0.4, -0.2) is 57.5 Å². The Morgan fingerprint density at radius 1 is 1.13 bits per heavy atom. The zero-order chi connectivity index (χ0) is 22.2. The second-order valence-corrected chi connectivity index (χ2v) is 7.79. The van der Waals surface area contributed by atoms with Crippen molar-refractivity contribution in [3.05, 3.63) is 52.0 Å². The first-order chi connectivity index (χ1) is 15.0. The molecule has 3 rings (SSSR count). The molecule has 9 heteroatoms. The Morgan fingerprint density at radius 2 is 1.90 bits per heavy atom. The van der Waals surface area contributed by atoms with Crippen LogP contribution in [0.5, 0.6) is 11.5 Å². The van der Waals surface area contributed by atoms with Crippen molar-refractivity contribution in [1.82, 2.24) is 10.2 Å². The average molecular weight is 468 g/mol. The summed E-state index contributed by atoms with van der Waals surface area (Å²) in [5.41, 5.74) is 1.59. The number of morpholine rings is 1. The van der Waals surface area contributed by atoms with Gasteiger partial charge in [0.15, 0.2) is 11.5 Å². The molecule has 1 fully saturated rings. The maximum Gasteiger partial charge on any atom is 0.319 e. The van der Waals surface area contributed by atoms with Gasteiger partial charge in [-0.3, -0.25) is 4.90 Å². The fraction of sp³-hybridized carbons (Fsp3) is 0.409. The third-order valence-electron chi connectivity index (χ3n) is 4.99. The number of nitrogens with zero attached hydrogens (tertiary/aromatic N) is 1. The number of methoxy groups -OCH3 is 1. The van der Waals surface area contributed by atoms with E-state index in [1.807, 2.05) is 25.1 Å². The van der Waals surface area contributed by atoms with Crippen LogP contribution in [0.25, 0.3) is 0 Å². The molecular formula is C22H27Cl2N3O4. The minimum absolute atomic E-state index is 0.0481. The van der Waals surface area contributed by atoms with E-state index in [4.69, 9.17) is 37.4 Å². The summed E-state index contributed by atoms with van der Waals surface area (Å²) >= 11 is 12.0. The third-order valence-corrected chi connectivity index (χ3v) is 5.73. The van der Waals surface area contributed by atoms with E-state index in [9.17, 15) is 4.79 Å². The number of nitrogens with one attached hydrogen (secondary N) is 2. The SMILES string of the molecule is CCOc1ccc([C@@H](CNC(=O)Nc2ccc(Cl)c(Cl)c2)N2CCOCC2)cc1OC. The van der Waals surface area contributed by atoms with Crippen LogP contribution in [0.1, 0.15) is 18.5 Å². The Hall–Kier alpha value is -2.19. The number of urea groups is 1. The number of carbonyl (C=O) groups is 1. The molecule has 168 valence electrons. The zero-order valence-electron chi connectivity index (χ0n) is 17.6. The van der Waals surface area contributed by atoms with Crippen LogP contribution >= 0.6 is 23.2 Å². The van der Waals surface area contributed by atoms with Crippen molar-refractivity contribution in [2.24, 2.45) is 0 Å². The van der Waals surface area contributed by atoms with Crippen molar-refractivity contribution >= 4 is 34.9 Å². The van der Waals surface area contributed by atoms with Gasteiger partial charge < -0.3 is 24.8 Å². The standard InChI is InChI=1S/C22H27Cl2N3O4/c1-3-31-20-7-4-15(12-21(20)29-2)19(27-8-10-30-11-9-27)14-25-22(28)26-16-5-6-17(23)18(24)13-16/h4-7,12-13,19H,3,8-11,14H2,1-2H3,(H2,25,26,28)/t19-/m1/s1. The molecule has 7 nitrogen and oxygen atoms in total. The lowest BCUT2D eigenvalue weighted by Crippen LogP contribution is -2.44. The molecule has 0 aromatic heterocycles. The van der Waals surface area contributed by atoms with Gasteiger partial charge in [0.05, 0.1) is 43.0 Å². The van der Waals surface area contributed by atoms with Crippen molar-refractivity contribution in [3.8, 4) is 11.5 Å². The van der Waals surface area contributed by atoms with Crippen LogP contribution < -0.4 is 20.1 Å². The van der Waals surface area contributed by atoms with E-state index >= 15 is 0 Å². The van der Waals surface area contributed by atoms with Crippen LogP contribution in [0, 0.1) is 0 Å². The average Bonchev–Trinajstić information content (AvgIpc) is 2.78. The normalized spacial score (nSPS) is 15.2. The molecular weight excluding hydrogens is 441 g/mol. The van der Waals surface area contributed by atoms with Crippen molar-refractivity contribution in [2.75, 3.05) is 51.9 Å². The second-order valence-electron chi connectivity index (χ2n) is 6.97. The van der Waals surface area contributed by atoms with Gasteiger partial charge in [-0.05, 0) is 42.8 Å². The van der Waals surface area contributed by atoms with E-state index in [1.54, 1.807) is 25.3 Å². The van der Waals surface area contributed by atoms with Crippen LogP contribution in [0.3, 0.4) is 0 Å². The molecule has 31 heavy (non-hydrogen) atoms. The number of amides is 2. The number of benzene rings is 2. The molecule has 0 aliphatic carbocycles. The first-order valence-corrected chi connectivity index (χ1v) is 10.9. The molecule has 2 N–H and O–H groups in total. The molecule has 0 radical (unpaired) electrons. The van der Waals surface area contributed by atoms with Gasteiger partial charge in [-0.1, -0.05) is 29.3 Å². The summed E-state index contributed by atoms with van der Waals surface area (Å²) in [6.07, 6.45) is 0. The van der Waals surface area contributed by atoms with E-state index < -0.39 is 0 Å². The summed E-state index contributed by atoms with van der Waals surface area (Å²) in [5.74, 6) is 1.36. The number of anilines is 1. The minimum atomic E-state index is -0.324. The highest BCUT2D eigenvalue weighted by Gasteiger charge is 2.24. The van der Waals surface area contributed by atoms with Crippen LogP contribution in [-0.2, 0) is 4.74 Å². The number of hydrogen-bond acceptors (Lipinski definition) is 5. The lowest BCUT2D eigenvalue weighted by molar-refractivity contribution is 0.0167. The summed E-state index contributed by atoms with van der Waals surface area (Å²) in [4.78, 5) is 14.8. The highest BCUT2D eigenvalue weighted by Crippen LogP contribution is 2.32. The predicted molar refractivity (Wildman–Crippen MR) is 123 cm³/mol. The first kappa shape index (κ1) is 23.5. The Labute approximate surface area is 192 Å². The molecule has 2 aromatic carbocycles. The Morgan fingerprint density at radius 3 is 2.58 bits per heavy atom. The number of halogens is 2. The molecule has 0 bridgehead atoms. The molecule has 0 spiro atoms. The summed E-state index contributed by atoms with van der Waals surface area (Å²) < 4.78 is 16.6. The van der Waals surface area contributed by atoms with Gasteiger partial charge in [0.1, 0.15) is 0 Å². The number of ether oxygens (including phenoxy) is 3. The van der Waals surface area contributed by atoms with Gasteiger partial charge in [-0.15, -0.1) is 0 Å². The Balaban J connectivity index is 1.73. The quantitative estimate of drug-likeness (QED) is 0.593. The lowest BCUT2D eigenvalue weighted by atomic mass is 10.0. The van der Waals surface area contributed by atoms with Gasteiger partial charge in [-0.25, -0.2) is 4.79 Å². The summed E-state index contributed by atoms with van der Waals surface area (Å²) in [5, 5.41) is 6.56. The summed E-state index contributed by atoms with van der Waals surface area (Å²) in [7, 11) is 1.62. The van der Waals surface area contributed by atoms with E-state index in [0.717, 1.165) is 18.7 Å². The maximum atomic E-state index is 12.5. The third kappa shape index (κ3) is 6.40. The van der Waals surface area contributed by atoms with Gasteiger partial charge in [0, 0.05) is 25.3 Å². The lowest BCUT2D eigenvalue weighted by Gasteiger charge is -2.35. The molecule has 2 amide bonds. The van der Waals surface area contributed by atoms with Gasteiger partial charge in [-0.2, -0.15) is 0 Å². The van der Waals surface area contributed by atoms with Gasteiger partial charge in [0.25, 0.3) is 0 Å². The van der Waals surface area contributed by atoms with E-state index in [2.05, 4.69) is 15.5 Å². The second kappa shape index (κ2) is 11.4. The Kier molecular flexibility index (Phi) is 8.66. The molecule has 0 saturated carbocycles. The van der Waals surface area contributed by atoms with Crippen molar-refractivity contribution in [1.29, 1.82) is 0 Å². The van der Waals surface area contributed by atoms with Crippen LogP contribution in [0.15, 0.2) is 36.4 Å². The molecule has 1 atom stereocenters. The molecule has 1 aliphatic heterocycles. The molecule has 2 aromatic rings. The molecule has 0 unspecified atom stereocenters. The maximum absolute atomic E-state index is 12.5. The van der Waals surface area contributed by atoms with E-state index in [-0.39, 0.29) is 12.1 Å². The molecule has 1 saturated heterocycles. The predicted octanol–water partition coefficient (Wildman–Crippen LogP) is 4.60. The highest BCUT2D eigenvalue weighted by atomic mass is 35.5. The number of carbonyl (C=O) groups excluding carboxylic acids is 1. The van der Waals surface area contributed by atoms with E-state index in [1.165, 1.54) is 0 Å². The zero-order valence-corrected chi connectivity index (χ0v) is 19.1. The topological polar surface area (TPSA) is 72.1 Å². The van der Waals surface area contributed by atoms with E-state index in [0.29, 0.717) is 53.6 Å². The van der Waals surface area contributed by atoms with Crippen molar-refractivity contribution in [3.63, 3.8) is 0 Å². The molecule has 1 aliphatic rings. The highest BCUT2D eigenvalue weighted by molar-refractivity contribution is 6.42. The van der Waals surface area contributed by atoms with Crippen molar-refractivity contribution < 1.29 is 19.0 Å². The largest absolute Gasteiger partial charge is 0.493 e. The van der Waals surface area contributed by atoms with Gasteiger partial charge in [0.2, 0.25) is 0 Å². The fourth-order valence-corrected chi connectivity index (χ4v) is 3.75. The summed E-state index contributed by atoms with van der Waals surface area (Å²) in [6, 6.07) is 10.5.